The molecule has 32 heavy (non-hydrogen) atoms. The van der Waals surface area contributed by atoms with Crippen LogP contribution in [0, 0.1) is 5.92 Å². The van der Waals surface area contributed by atoms with Crippen LogP contribution in [0.4, 0.5) is 0 Å². The fraction of sp³-hybridized carbons (Fsp3) is 0.500. The molecule has 0 unspecified atom stereocenters. The predicted molar refractivity (Wildman–Crippen MR) is 118 cm³/mol. The average Bonchev–Trinajstić information content (AvgIpc) is 3.45. The first kappa shape index (κ1) is 20.4. The first-order valence-corrected chi connectivity index (χ1v) is 11.8. The van der Waals surface area contributed by atoms with Crippen LogP contribution in [-0.4, -0.2) is 67.3 Å². The molecule has 4 heterocycles. The van der Waals surface area contributed by atoms with E-state index < -0.39 is 11.6 Å². The van der Waals surface area contributed by atoms with E-state index in [1.165, 1.54) is 0 Å². The summed E-state index contributed by atoms with van der Waals surface area (Å²) in [4.78, 5) is 13.6. The molecule has 2 bridgehead atoms. The maximum atomic E-state index is 13.6. The van der Waals surface area contributed by atoms with Crippen LogP contribution < -0.4 is 0 Å². The lowest BCUT2D eigenvalue weighted by molar-refractivity contribution is -0.946. The summed E-state index contributed by atoms with van der Waals surface area (Å²) in [6.45, 7) is 5.36. The van der Waals surface area contributed by atoms with Crippen LogP contribution in [0.5, 0.6) is 0 Å². The number of aliphatic hydroxyl groups is 1. The van der Waals surface area contributed by atoms with Gasteiger partial charge in [0.25, 0.3) is 0 Å². The molecule has 168 valence electrons. The third-order valence-electron chi connectivity index (χ3n) is 8.05. The Morgan fingerprint density at radius 1 is 1.00 bits per heavy atom. The van der Waals surface area contributed by atoms with Crippen molar-refractivity contribution in [3.8, 4) is 11.1 Å². The van der Waals surface area contributed by atoms with Gasteiger partial charge in [0, 0.05) is 36.3 Å². The average molecular weight is 437 g/mol. The third-order valence-corrected chi connectivity index (χ3v) is 8.05. The van der Waals surface area contributed by atoms with Gasteiger partial charge in [0.1, 0.15) is 6.54 Å². The molecule has 5 aliphatic rings. The van der Waals surface area contributed by atoms with Crippen molar-refractivity contribution in [1.82, 2.24) is 0 Å². The minimum absolute atomic E-state index is 0.102. The van der Waals surface area contributed by atoms with Crippen LogP contribution in [0.1, 0.15) is 30.4 Å². The largest absolute Gasteiger partial charge is 0.453 e. The molecule has 2 aromatic carbocycles. The fourth-order valence-corrected chi connectivity index (χ4v) is 6.28. The van der Waals surface area contributed by atoms with Gasteiger partial charge in [-0.3, -0.25) is 0 Å². The summed E-state index contributed by atoms with van der Waals surface area (Å²) >= 11 is 0. The lowest BCUT2D eigenvalue weighted by Gasteiger charge is -2.52. The van der Waals surface area contributed by atoms with Crippen molar-refractivity contribution < 1.29 is 28.6 Å². The molecule has 6 nitrogen and oxygen atoms in total. The normalized spacial score (nSPS) is 30.2. The highest BCUT2D eigenvalue weighted by Crippen LogP contribution is 2.48. The SMILES string of the molecule is O=C(O[C@H]1C[N+]2(CCC3OCCO3)CCC1CC2)C1(O)c2ccccc2-c2ccccc21. The first-order valence-electron chi connectivity index (χ1n) is 11.8. The Hall–Kier alpha value is -2.25. The standard InChI is InChI=1S/C26H30NO5/c28-25(26(29)21-7-3-1-5-19(21)20-6-2-4-8-22(20)26)32-23-17-27(12-9-18(23)10-13-27)14-11-24-30-15-16-31-24/h1-8,18,23-24,29H,9-17H2/q+1/t18?,23-,27?/m0/s1. The van der Waals surface area contributed by atoms with E-state index in [2.05, 4.69) is 0 Å². The van der Waals surface area contributed by atoms with Crippen molar-refractivity contribution in [2.45, 2.75) is 37.3 Å². The Bertz CT molecular complexity index is 977. The van der Waals surface area contributed by atoms with Crippen LogP contribution in [0.25, 0.3) is 11.1 Å². The van der Waals surface area contributed by atoms with E-state index in [1.54, 1.807) is 0 Å². The molecule has 0 saturated carbocycles. The van der Waals surface area contributed by atoms with Crippen molar-refractivity contribution in [3.63, 3.8) is 0 Å². The van der Waals surface area contributed by atoms with Crippen LogP contribution >= 0.6 is 0 Å². The zero-order valence-corrected chi connectivity index (χ0v) is 18.2. The monoisotopic (exact) mass is 436 g/mol. The van der Waals surface area contributed by atoms with Gasteiger partial charge >= 0.3 is 5.97 Å². The molecule has 6 heteroatoms. The summed E-state index contributed by atoms with van der Waals surface area (Å²) < 4.78 is 18.4. The smallest absolute Gasteiger partial charge is 0.348 e. The van der Waals surface area contributed by atoms with E-state index in [9.17, 15) is 9.90 Å². The number of hydrogen-bond acceptors (Lipinski definition) is 5. The summed E-state index contributed by atoms with van der Waals surface area (Å²) in [5.74, 6) is -0.178. The molecule has 4 saturated heterocycles. The Morgan fingerprint density at radius 2 is 1.59 bits per heavy atom. The van der Waals surface area contributed by atoms with E-state index in [0.717, 1.165) is 61.1 Å². The molecule has 0 aromatic heterocycles. The van der Waals surface area contributed by atoms with Crippen LogP contribution in [-0.2, 0) is 24.6 Å². The maximum Gasteiger partial charge on any atom is 0.348 e. The number of hydrogen-bond donors (Lipinski definition) is 1. The molecule has 1 aliphatic carbocycles. The lowest BCUT2D eigenvalue weighted by atomic mass is 9.82. The van der Waals surface area contributed by atoms with Crippen molar-refractivity contribution in [1.29, 1.82) is 0 Å². The maximum absolute atomic E-state index is 13.6. The molecular formula is C26H30NO5+. The van der Waals surface area contributed by atoms with Gasteiger partial charge < -0.3 is 23.8 Å². The van der Waals surface area contributed by atoms with Gasteiger partial charge in [-0.2, -0.15) is 0 Å². The molecule has 0 amide bonds. The fourth-order valence-electron chi connectivity index (χ4n) is 6.28. The molecule has 4 fully saturated rings. The summed E-state index contributed by atoms with van der Waals surface area (Å²) in [6.07, 6.45) is 2.71. The topological polar surface area (TPSA) is 65.0 Å². The number of nitrogens with zero attached hydrogens (tertiary/aromatic N) is 1. The van der Waals surface area contributed by atoms with E-state index in [-0.39, 0.29) is 12.4 Å². The number of quaternary nitrogens is 1. The zero-order chi connectivity index (χ0) is 21.8. The Balaban J connectivity index is 1.23. The summed E-state index contributed by atoms with van der Waals surface area (Å²) in [5.41, 5.74) is 1.28. The van der Waals surface area contributed by atoms with Crippen LogP contribution in [0.3, 0.4) is 0 Å². The first-order chi connectivity index (χ1) is 15.6. The lowest BCUT2D eigenvalue weighted by Crippen LogP contribution is -2.65. The quantitative estimate of drug-likeness (QED) is 0.577. The second-order valence-electron chi connectivity index (χ2n) is 9.74. The Morgan fingerprint density at radius 3 is 2.22 bits per heavy atom. The molecule has 1 atom stereocenters. The predicted octanol–water partition coefficient (Wildman–Crippen LogP) is 2.82. The van der Waals surface area contributed by atoms with Crippen LogP contribution in [0.15, 0.2) is 48.5 Å². The Kier molecular flexibility index (Phi) is 4.88. The molecule has 4 aliphatic heterocycles. The number of benzene rings is 2. The number of fused-ring (bicyclic) bond motifs is 6. The van der Waals surface area contributed by atoms with Gasteiger partial charge in [0.05, 0.1) is 32.8 Å². The number of ether oxygens (including phenoxy) is 3. The highest BCUT2D eigenvalue weighted by atomic mass is 16.7. The highest BCUT2D eigenvalue weighted by molar-refractivity contribution is 5.96. The van der Waals surface area contributed by atoms with Crippen molar-refractivity contribution in [3.05, 3.63) is 59.7 Å². The number of rotatable bonds is 5. The molecular weight excluding hydrogens is 406 g/mol. The number of carbonyl (C=O) groups excluding carboxylic acids is 1. The number of carbonyl (C=O) groups is 1. The minimum Gasteiger partial charge on any atom is -0.453 e. The number of piperidine rings is 3. The third kappa shape index (κ3) is 3.12. The van der Waals surface area contributed by atoms with Gasteiger partial charge in [-0.1, -0.05) is 48.5 Å². The molecule has 1 N–H and O–H groups in total. The molecule has 0 spiro atoms. The molecule has 7 rings (SSSR count). The van der Waals surface area contributed by atoms with Gasteiger partial charge in [0.2, 0.25) is 5.60 Å². The second-order valence-corrected chi connectivity index (χ2v) is 9.74. The molecule has 0 radical (unpaired) electrons. The molecule has 2 aromatic rings. The van der Waals surface area contributed by atoms with E-state index >= 15 is 0 Å². The van der Waals surface area contributed by atoms with E-state index in [0.29, 0.717) is 30.3 Å². The van der Waals surface area contributed by atoms with Gasteiger partial charge in [0.15, 0.2) is 12.4 Å². The summed E-state index contributed by atoms with van der Waals surface area (Å²) in [7, 11) is 0. The van der Waals surface area contributed by atoms with Crippen LogP contribution in [0.2, 0.25) is 0 Å². The van der Waals surface area contributed by atoms with Gasteiger partial charge in [-0.15, -0.1) is 0 Å². The highest BCUT2D eigenvalue weighted by Gasteiger charge is 2.53. The zero-order valence-electron chi connectivity index (χ0n) is 18.2. The van der Waals surface area contributed by atoms with E-state index in [1.807, 2.05) is 48.5 Å². The van der Waals surface area contributed by atoms with Crippen molar-refractivity contribution in [2.75, 3.05) is 39.4 Å². The van der Waals surface area contributed by atoms with Crippen molar-refractivity contribution >= 4 is 5.97 Å². The minimum atomic E-state index is -1.75. The summed E-state index contributed by atoms with van der Waals surface area (Å²) in [5, 5.41) is 11.8. The van der Waals surface area contributed by atoms with Gasteiger partial charge in [-0.05, 0) is 11.1 Å². The van der Waals surface area contributed by atoms with Crippen molar-refractivity contribution in [2.24, 2.45) is 5.92 Å². The number of esters is 1. The summed E-state index contributed by atoms with van der Waals surface area (Å²) in [6, 6.07) is 15.2. The second kappa shape index (κ2) is 7.66. The van der Waals surface area contributed by atoms with Gasteiger partial charge in [-0.25, -0.2) is 4.79 Å². The Labute approximate surface area is 188 Å². The van der Waals surface area contributed by atoms with E-state index in [4.69, 9.17) is 14.2 Å².